The number of amides is 2. The largest absolute Gasteiger partial charge is 0.273 e. The summed E-state index contributed by atoms with van der Waals surface area (Å²) in [6.45, 7) is 0. The van der Waals surface area contributed by atoms with Crippen molar-refractivity contribution in [2.45, 2.75) is 12.1 Å². The number of anilines is 2. The first-order chi connectivity index (χ1) is 15.1. The quantitative estimate of drug-likeness (QED) is 0.367. The van der Waals surface area contributed by atoms with Crippen LogP contribution in [0.5, 0.6) is 0 Å². The van der Waals surface area contributed by atoms with Crippen molar-refractivity contribution < 1.29 is 19.3 Å². The second-order valence-corrected chi connectivity index (χ2v) is 7.35. The molecule has 0 N–H and O–H groups in total. The van der Waals surface area contributed by atoms with Gasteiger partial charge < -0.3 is 0 Å². The summed E-state index contributed by atoms with van der Waals surface area (Å²) in [4.78, 5) is 44.4. The van der Waals surface area contributed by atoms with Gasteiger partial charge in [-0.05, 0) is 29.8 Å². The molecule has 2 aliphatic rings. The first kappa shape index (κ1) is 19.0. The summed E-state index contributed by atoms with van der Waals surface area (Å²) in [7, 11) is 0. The zero-order chi connectivity index (χ0) is 21.5. The molecule has 2 aliphatic heterocycles. The van der Waals surface area contributed by atoms with Crippen LogP contribution in [0.3, 0.4) is 0 Å². The van der Waals surface area contributed by atoms with Gasteiger partial charge in [-0.3, -0.25) is 24.5 Å². The number of carbonyl (C=O) groups excluding carboxylic acids is 2. The number of carbonyl (C=O) groups is 2. The van der Waals surface area contributed by atoms with E-state index in [9.17, 15) is 19.7 Å². The molecule has 0 radical (unpaired) electrons. The number of hydrogen-bond acceptors (Lipinski definition) is 6. The summed E-state index contributed by atoms with van der Waals surface area (Å²) < 4.78 is 0. The SMILES string of the molecule is O=C1[C@@H]2[C@@H](c3ccc([N+](=O)[O-])cc3)N(c3ccccc3)O[C@H]2C(=O)N1c1ccccc1. The highest BCUT2D eigenvalue weighted by atomic mass is 16.7. The van der Waals surface area contributed by atoms with Crippen LogP contribution in [0.4, 0.5) is 17.1 Å². The number of nitro groups is 1. The molecule has 0 aliphatic carbocycles. The molecular weight excluding hydrogens is 398 g/mol. The summed E-state index contributed by atoms with van der Waals surface area (Å²) in [6.07, 6.45) is -0.979. The lowest BCUT2D eigenvalue weighted by Crippen LogP contribution is -2.37. The molecule has 8 nitrogen and oxygen atoms in total. The Labute approximate surface area is 177 Å². The number of benzene rings is 3. The fourth-order valence-corrected chi connectivity index (χ4v) is 4.18. The zero-order valence-electron chi connectivity index (χ0n) is 16.2. The van der Waals surface area contributed by atoms with Gasteiger partial charge in [0.15, 0.2) is 6.10 Å². The average molecular weight is 415 g/mol. The van der Waals surface area contributed by atoms with E-state index >= 15 is 0 Å². The number of nitro benzene ring substituents is 1. The molecule has 0 aromatic heterocycles. The molecule has 3 atom stereocenters. The van der Waals surface area contributed by atoms with E-state index in [0.29, 0.717) is 16.9 Å². The minimum Gasteiger partial charge on any atom is -0.273 e. The Morgan fingerprint density at radius 1 is 0.774 bits per heavy atom. The molecular formula is C23H17N3O5. The summed E-state index contributed by atoms with van der Waals surface area (Å²) in [5, 5.41) is 12.6. The number of hydroxylamine groups is 1. The standard InChI is InChI=1S/C23H17N3O5/c27-22-19-20(15-11-13-18(14-12-15)26(29)30)25(17-9-5-2-6-10-17)31-21(19)23(28)24(22)16-7-3-1-4-8-16/h1-14,19-21H/t19-,20-,21-/m1/s1. The van der Waals surface area contributed by atoms with Gasteiger partial charge in [-0.1, -0.05) is 48.5 Å². The molecule has 8 heteroatoms. The highest BCUT2D eigenvalue weighted by molar-refractivity contribution is 6.23. The first-order valence-electron chi connectivity index (χ1n) is 9.74. The highest BCUT2D eigenvalue weighted by Crippen LogP contribution is 2.47. The Bertz CT molecular complexity index is 1150. The molecule has 0 spiro atoms. The monoisotopic (exact) mass is 415 g/mol. The van der Waals surface area contributed by atoms with Crippen LogP contribution < -0.4 is 9.96 Å². The van der Waals surface area contributed by atoms with E-state index in [-0.39, 0.29) is 11.6 Å². The number of non-ortho nitro benzene ring substituents is 1. The van der Waals surface area contributed by atoms with Crippen LogP contribution >= 0.6 is 0 Å². The molecule has 2 saturated heterocycles. The molecule has 3 aromatic rings. The molecule has 31 heavy (non-hydrogen) atoms. The minimum absolute atomic E-state index is 0.0507. The lowest BCUT2D eigenvalue weighted by Gasteiger charge is -2.28. The van der Waals surface area contributed by atoms with E-state index in [0.717, 1.165) is 4.90 Å². The Morgan fingerprint density at radius 2 is 1.35 bits per heavy atom. The smallest absolute Gasteiger partial charge is 0.269 e. The molecule has 0 saturated carbocycles. The van der Waals surface area contributed by atoms with E-state index in [4.69, 9.17) is 4.84 Å². The maximum absolute atomic E-state index is 13.4. The van der Waals surface area contributed by atoms with Crippen LogP contribution in [0.2, 0.25) is 0 Å². The molecule has 3 aromatic carbocycles. The summed E-state index contributed by atoms with van der Waals surface area (Å²) in [5.41, 5.74) is 1.78. The van der Waals surface area contributed by atoms with Crippen molar-refractivity contribution in [3.8, 4) is 0 Å². The van der Waals surface area contributed by atoms with Gasteiger partial charge in [-0.15, -0.1) is 0 Å². The highest BCUT2D eigenvalue weighted by Gasteiger charge is 2.60. The average Bonchev–Trinajstić information content (AvgIpc) is 3.31. The van der Waals surface area contributed by atoms with Crippen LogP contribution in [-0.4, -0.2) is 22.8 Å². The predicted octanol–water partition coefficient (Wildman–Crippen LogP) is 3.65. The predicted molar refractivity (Wildman–Crippen MR) is 112 cm³/mol. The zero-order valence-corrected chi connectivity index (χ0v) is 16.2. The Hall–Kier alpha value is -4.04. The van der Waals surface area contributed by atoms with E-state index in [1.54, 1.807) is 41.5 Å². The van der Waals surface area contributed by atoms with Crippen LogP contribution in [0.1, 0.15) is 11.6 Å². The molecule has 0 unspecified atom stereocenters. The molecule has 5 rings (SSSR count). The van der Waals surface area contributed by atoms with E-state index < -0.39 is 28.9 Å². The van der Waals surface area contributed by atoms with Crippen LogP contribution in [0, 0.1) is 16.0 Å². The van der Waals surface area contributed by atoms with Gasteiger partial charge in [0.25, 0.3) is 11.6 Å². The molecule has 154 valence electrons. The first-order valence-corrected chi connectivity index (χ1v) is 9.74. The van der Waals surface area contributed by atoms with Gasteiger partial charge >= 0.3 is 0 Å². The third-order valence-electron chi connectivity index (χ3n) is 5.59. The van der Waals surface area contributed by atoms with Gasteiger partial charge in [0.1, 0.15) is 5.92 Å². The van der Waals surface area contributed by atoms with Crippen LogP contribution in [0.15, 0.2) is 84.9 Å². The van der Waals surface area contributed by atoms with Gasteiger partial charge in [0.2, 0.25) is 5.91 Å². The van der Waals surface area contributed by atoms with E-state index in [2.05, 4.69) is 0 Å². The second-order valence-electron chi connectivity index (χ2n) is 7.35. The minimum atomic E-state index is -0.979. The van der Waals surface area contributed by atoms with Crippen molar-refractivity contribution in [2.75, 3.05) is 9.96 Å². The number of hydrogen-bond donors (Lipinski definition) is 0. The Balaban J connectivity index is 1.58. The number of fused-ring (bicyclic) bond motifs is 1. The normalized spacial score (nSPS) is 22.6. The summed E-state index contributed by atoms with van der Waals surface area (Å²) in [6, 6.07) is 23.3. The summed E-state index contributed by atoms with van der Waals surface area (Å²) >= 11 is 0. The summed E-state index contributed by atoms with van der Waals surface area (Å²) in [5.74, 6) is -1.57. The van der Waals surface area contributed by atoms with Gasteiger partial charge in [-0.2, -0.15) is 0 Å². The van der Waals surface area contributed by atoms with Crippen molar-refractivity contribution in [2.24, 2.45) is 5.92 Å². The lowest BCUT2D eigenvalue weighted by atomic mass is 9.90. The van der Waals surface area contributed by atoms with E-state index in [1.807, 2.05) is 36.4 Å². The molecule has 2 heterocycles. The van der Waals surface area contributed by atoms with Crippen LogP contribution in [0.25, 0.3) is 0 Å². The van der Waals surface area contributed by atoms with Gasteiger partial charge in [0.05, 0.1) is 22.3 Å². The third kappa shape index (κ3) is 3.04. The van der Waals surface area contributed by atoms with Crippen molar-refractivity contribution in [1.29, 1.82) is 0 Å². The maximum Gasteiger partial charge on any atom is 0.269 e. The Kier molecular flexibility index (Phi) is 4.48. The molecule has 2 fully saturated rings. The van der Waals surface area contributed by atoms with Crippen molar-refractivity contribution in [3.05, 3.63) is 101 Å². The van der Waals surface area contributed by atoms with Crippen LogP contribution in [-0.2, 0) is 14.4 Å². The van der Waals surface area contributed by atoms with Gasteiger partial charge in [-0.25, -0.2) is 9.96 Å². The van der Waals surface area contributed by atoms with E-state index in [1.165, 1.54) is 12.1 Å². The van der Waals surface area contributed by atoms with Crippen molar-refractivity contribution in [1.82, 2.24) is 0 Å². The fraction of sp³-hybridized carbons (Fsp3) is 0.130. The molecule has 2 amide bonds. The number of imide groups is 1. The number of nitrogens with zero attached hydrogens (tertiary/aromatic N) is 3. The third-order valence-corrected chi connectivity index (χ3v) is 5.59. The number of rotatable bonds is 4. The topological polar surface area (TPSA) is 93.0 Å². The fourth-order valence-electron chi connectivity index (χ4n) is 4.18. The second kappa shape index (κ2) is 7.33. The van der Waals surface area contributed by atoms with Crippen molar-refractivity contribution >= 4 is 28.9 Å². The maximum atomic E-state index is 13.4. The van der Waals surface area contributed by atoms with Crippen molar-refractivity contribution in [3.63, 3.8) is 0 Å². The lowest BCUT2D eigenvalue weighted by molar-refractivity contribution is -0.384. The van der Waals surface area contributed by atoms with Gasteiger partial charge in [0, 0.05) is 12.1 Å². The number of para-hydroxylation sites is 2. The molecule has 0 bridgehead atoms. The Morgan fingerprint density at radius 3 is 1.94 bits per heavy atom.